The number of hydrogen-bond acceptors (Lipinski definition) is 5. The van der Waals surface area contributed by atoms with E-state index in [2.05, 4.69) is 5.32 Å². The molecule has 0 fully saturated rings. The number of methoxy groups -OCH3 is 1. The summed E-state index contributed by atoms with van der Waals surface area (Å²) in [6.45, 7) is 7.06. The number of benzene rings is 3. The van der Waals surface area contributed by atoms with Gasteiger partial charge in [0.2, 0.25) is 11.8 Å². The minimum absolute atomic E-state index is 0.0298. The van der Waals surface area contributed by atoms with E-state index >= 15 is 0 Å². The summed E-state index contributed by atoms with van der Waals surface area (Å²) < 4.78 is 34.6. The Morgan fingerprint density at radius 3 is 2.22 bits per heavy atom. The summed E-state index contributed by atoms with van der Waals surface area (Å²) in [5.74, 6) is -0.530. The molecule has 2 amide bonds. The molecule has 0 aromatic heterocycles. The molecular formula is C31H38ClN3O5S. The molecule has 3 rings (SSSR count). The van der Waals surface area contributed by atoms with Crippen molar-refractivity contribution in [2.45, 2.75) is 64.1 Å². The van der Waals surface area contributed by atoms with Gasteiger partial charge in [-0.1, -0.05) is 61.8 Å². The molecule has 0 heterocycles. The van der Waals surface area contributed by atoms with Crippen LogP contribution in [0.15, 0.2) is 77.7 Å². The Balaban J connectivity index is 2.11. The highest BCUT2D eigenvalue weighted by molar-refractivity contribution is 7.92. The van der Waals surface area contributed by atoms with E-state index in [0.29, 0.717) is 17.2 Å². The minimum Gasteiger partial charge on any atom is -0.495 e. The zero-order valence-electron chi connectivity index (χ0n) is 24.1. The van der Waals surface area contributed by atoms with E-state index < -0.39 is 28.5 Å². The van der Waals surface area contributed by atoms with Gasteiger partial charge in [0.05, 0.1) is 17.7 Å². The molecule has 0 saturated heterocycles. The van der Waals surface area contributed by atoms with Crippen LogP contribution in [0.3, 0.4) is 0 Å². The predicted molar refractivity (Wildman–Crippen MR) is 163 cm³/mol. The van der Waals surface area contributed by atoms with Crippen molar-refractivity contribution in [3.8, 4) is 5.75 Å². The number of sulfonamides is 1. The molecule has 0 unspecified atom stereocenters. The highest BCUT2D eigenvalue weighted by Crippen LogP contribution is 2.33. The van der Waals surface area contributed by atoms with Crippen LogP contribution in [-0.4, -0.2) is 50.9 Å². The number of hydrogen-bond donors (Lipinski definition) is 1. The number of nitrogens with zero attached hydrogens (tertiary/aromatic N) is 2. The first-order valence-corrected chi connectivity index (χ1v) is 15.4. The summed E-state index contributed by atoms with van der Waals surface area (Å²) >= 11 is 6.08. The Morgan fingerprint density at radius 1 is 0.976 bits per heavy atom. The lowest BCUT2D eigenvalue weighted by Gasteiger charge is -2.34. The van der Waals surface area contributed by atoms with Gasteiger partial charge in [-0.05, 0) is 74.2 Å². The van der Waals surface area contributed by atoms with E-state index in [9.17, 15) is 18.0 Å². The summed E-state index contributed by atoms with van der Waals surface area (Å²) in [5.41, 5.74) is 1.77. The zero-order chi connectivity index (χ0) is 30.2. The lowest BCUT2D eigenvalue weighted by molar-refractivity contribution is -0.140. The fraction of sp³-hybridized carbons (Fsp3) is 0.355. The first kappa shape index (κ1) is 32.0. The third-order valence-electron chi connectivity index (χ3n) is 6.87. The molecule has 2 atom stereocenters. The molecule has 8 nitrogen and oxygen atoms in total. The molecule has 3 aromatic carbocycles. The summed E-state index contributed by atoms with van der Waals surface area (Å²) in [6.07, 6.45) is 1.06. The van der Waals surface area contributed by atoms with Gasteiger partial charge in [0, 0.05) is 17.6 Å². The Kier molecular flexibility index (Phi) is 11.2. The number of aryl methyl sites for hydroxylation is 1. The molecule has 0 aliphatic carbocycles. The molecule has 0 aliphatic heterocycles. The monoisotopic (exact) mass is 599 g/mol. The van der Waals surface area contributed by atoms with Crippen LogP contribution in [0.25, 0.3) is 0 Å². The van der Waals surface area contributed by atoms with E-state index in [1.54, 1.807) is 60.7 Å². The maximum atomic E-state index is 14.2. The first-order chi connectivity index (χ1) is 19.5. The highest BCUT2D eigenvalue weighted by atomic mass is 35.5. The van der Waals surface area contributed by atoms with Gasteiger partial charge < -0.3 is 15.0 Å². The van der Waals surface area contributed by atoms with Crippen LogP contribution in [0.2, 0.25) is 5.02 Å². The third kappa shape index (κ3) is 8.01. The minimum atomic E-state index is -4.20. The molecule has 10 heteroatoms. The summed E-state index contributed by atoms with van der Waals surface area (Å²) in [5, 5.41) is 3.51. The largest absolute Gasteiger partial charge is 0.495 e. The maximum absolute atomic E-state index is 14.2. The Hall–Kier alpha value is -3.56. The Bertz CT molecular complexity index is 1430. The summed E-state index contributed by atoms with van der Waals surface area (Å²) in [4.78, 5) is 29.0. The van der Waals surface area contributed by atoms with Gasteiger partial charge in [-0.3, -0.25) is 13.9 Å². The number of anilines is 1. The maximum Gasteiger partial charge on any atom is 0.264 e. The fourth-order valence-corrected chi connectivity index (χ4v) is 5.94. The van der Waals surface area contributed by atoms with Crippen LogP contribution in [0, 0.1) is 6.92 Å². The molecule has 0 spiro atoms. The number of amides is 2. The van der Waals surface area contributed by atoms with Gasteiger partial charge >= 0.3 is 0 Å². The second-order valence-electron chi connectivity index (χ2n) is 9.89. The van der Waals surface area contributed by atoms with Crippen molar-refractivity contribution in [2.24, 2.45) is 0 Å². The summed E-state index contributed by atoms with van der Waals surface area (Å²) in [6, 6.07) is 19.1. The number of carbonyl (C=O) groups is 2. The molecular weight excluding hydrogens is 562 g/mol. The van der Waals surface area contributed by atoms with Crippen LogP contribution in [0.5, 0.6) is 5.75 Å². The van der Waals surface area contributed by atoms with Gasteiger partial charge in [-0.25, -0.2) is 8.42 Å². The average molecular weight is 600 g/mol. The topological polar surface area (TPSA) is 96.0 Å². The van der Waals surface area contributed by atoms with E-state index in [-0.39, 0.29) is 29.1 Å². The second kappa shape index (κ2) is 14.4. The lowest BCUT2D eigenvalue weighted by atomic mass is 10.1. The molecule has 220 valence electrons. The van der Waals surface area contributed by atoms with Crippen molar-refractivity contribution in [2.75, 3.05) is 18.0 Å². The number of nitrogens with one attached hydrogen (secondary N) is 1. The average Bonchev–Trinajstić information content (AvgIpc) is 2.96. The number of halogens is 1. The van der Waals surface area contributed by atoms with Crippen molar-refractivity contribution in [1.29, 1.82) is 0 Å². The molecule has 0 bridgehead atoms. The quantitative estimate of drug-likeness (QED) is 0.277. The van der Waals surface area contributed by atoms with Gasteiger partial charge in [0.25, 0.3) is 10.0 Å². The number of ether oxygens (including phenoxy) is 1. The zero-order valence-corrected chi connectivity index (χ0v) is 25.7. The molecule has 0 aliphatic rings. The molecule has 0 saturated carbocycles. The van der Waals surface area contributed by atoms with Crippen LogP contribution in [0.4, 0.5) is 5.69 Å². The van der Waals surface area contributed by atoms with E-state index in [1.807, 2.05) is 27.7 Å². The van der Waals surface area contributed by atoms with Crippen LogP contribution in [0.1, 0.15) is 44.7 Å². The van der Waals surface area contributed by atoms with Crippen LogP contribution in [-0.2, 0) is 26.2 Å². The normalized spacial score (nSPS) is 12.7. The first-order valence-electron chi connectivity index (χ1n) is 13.6. The number of rotatable bonds is 13. The Morgan fingerprint density at radius 2 is 1.63 bits per heavy atom. The van der Waals surface area contributed by atoms with Crippen LogP contribution >= 0.6 is 11.6 Å². The van der Waals surface area contributed by atoms with E-state index in [1.165, 1.54) is 24.1 Å². The van der Waals surface area contributed by atoms with Gasteiger partial charge in [-0.2, -0.15) is 0 Å². The van der Waals surface area contributed by atoms with Crippen molar-refractivity contribution >= 4 is 39.1 Å². The van der Waals surface area contributed by atoms with Gasteiger partial charge in [0.1, 0.15) is 18.3 Å². The molecule has 41 heavy (non-hydrogen) atoms. The molecule has 0 radical (unpaired) electrons. The van der Waals surface area contributed by atoms with E-state index in [0.717, 1.165) is 21.9 Å². The van der Waals surface area contributed by atoms with Crippen molar-refractivity contribution in [3.05, 3.63) is 88.9 Å². The summed E-state index contributed by atoms with van der Waals surface area (Å²) in [7, 11) is -2.75. The lowest BCUT2D eigenvalue weighted by Crippen LogP contribution is -2.53. The smallest absolute Gasteiger partial charge is 0.264 e. The standard InChI is InChI=1S/C31H38ClN3O5S/c1-6-23(4)33-31(37)27(7-2)34(20-24-14-16-25(32)17-15-24)30(36)21-35(28-19-22(3)13-18-29(28)40-5)41(38,39)26-11-9-8-10-12-26/h8-19,23,27H,6-7,20-21H2,1-5H3,(H,33,37)/t23-,27-/m0/s1. The van der Waals surface area contributed by atoms with Gasteiger partial charge in [0.15, 0.2) is 0 Å². The highest BCUT2D eigenvalue weighted by Gasteiger charge is 2.35. The van der Waals surface area contributed by atoms with Crippen molar-refractivity contribution in [1.82, 2.24) is 10.2 Å². The SMILES string of the molecule is CC[C@H](C)NC(=O)[C@H](CC)N(Cc1ccc(Cl)cc1)C(=O)CN(c1cc(C)ccc1OC)S(=O)(=O)c1ccccc1. The molecule has 1 N–H and O–H groups in total. The van der Waals surface area contributed by atoms with Crippen molar-refractivity contribution in [3.63, 3.8) is 0 Å². The number of carbonyl (C=O) groups excluding carboxylic acids is 2. The van der Waals surface area contributed by atoms with Gasteiger partial charge in [-0.15, -0.1) is 0 Å². The second-order valence-corrected chi connectivity index (χ2v) is 12.2. The third-order valence-corrected chi connectivity index (χ3v) is 8.89. The van der Waals surface area contributed by atoms with E-state index in [4.69, 9.17) is 16.3 Å². The Labute approximate surface area is 248 Å². The van der Waals surface area contributed by atoms with Crippen molar-refractivity contribution < 1.29 is 22.7 Å². The predicted octanol–water partition coefficient (Wildman–Crippen LogP) is 5.57. The van der Waals surface area contributed by atoms with Crippen LogP contribution < -0.4 is 14.4 Å². The molecule has 3 aromatic rings. The fourth-order valence-electron chi connectivity index (χ4n) is 4.38.